The molecule has 98 valence electrons. The van der Waals surface area contributed by atoms with Crippen LogP contribution in [0.3, 0.4) is 0 Å². The third kappa shape index (κ3) is 3.71. The highest BCUT2D eigenvalue weighted by molar-refractivity contribution is 9.10. The zero-order valence-electron chi connectivity index (χ0n) is 11.1. The van der Waals surface area contributed by atoms with E-state index in [1.807, 2.05) is 12.1 Å². The molecule has 0 saturated carbocycles. The van der Waals surface area contributed by atoms with Crippen molar-refractivity contribution >= 4 is 21.6 Å². The van der Waals surface area contributed by atoms with E-state index < -0.39 is 0 Å². The van der Waals surface area contributed by atoms with Crippen molar-refractivity contribution in [1.82, 2.24) is 0 Å². The molecule has 0 aromatic heterocycles. The quantitative estimate of drug-likeness (QED) is 0.706. The maximum Gasteiger partial charge on any atom is 0.0516 e. The predicted octanol–water partition coefficient (Wildman–Crippen LogP) is 4.95. The van der Waals surface area contributed by atoms with Gasteiger partial charge < -0.3 is 4.90 Å². The van der Waals surface area contributed by atoms with Crippen molar-refractivity contribution < 1.29 is 0 Å². The van der Waals surface area contributed by atoms with E-state index in [-0.39, 0.29) is 0 Å². The van der Waals surface area contributed by atoms with Crippen molar-refractivity contribution in [3.8, 4) is 0 Å². The van der Waals surface area contributed by atoms with Gasteiger partial charge in [0, 0.05) is 17.6 Å². The third-order valence-electron chi connectivity index (χ3n) is 3.01. The van der Waals surface area contributed by atoms with E-state index in [2.05, 4.69) is 76.8 Å². The Morgan fingerprint density at radius 3 is 2.53 bits per heavy atom. The van der Waals surface area contributed by atoms with Gasteiger partial charge in [-0.3, -0.25) is 0 Å². The van der Waals surface area contributed by atoms with Gasteiger partial charge in [0.15, 0.2) is 0 Å². The Morgan fingerprint density at radius 1 is 1.16 bits per heavy atom. The van der Waals surface area contributed by atoms with E-state index in [1.165, 1.54) is 16.8 Å². The van der Waals surface area contributed by atoms with E-state index in [4.69, 9.17) is 0 Å². The lowest BCUT2D eigenvalue weighted by Gasteiger charge is -2.25. The molecule has 0 fully saturated rings. The number of aryl methyl sites for hydroxylation is 1. The van der Waals surface area contributed by atoms with Crippen LogP contribution in [0, 0.1) is 6.92 Å². The Morgan fingerprint density at radius 2 is 1.89 bits per heavy atom. The van der Waals surface area contributed by atoms with Crippen LogP contribution in [0.4, 0.5) is 5.69 Å². The van der Waals surface area contributed by atoms with Gasteiger partial charge in [-0.05, 0) is 46.1 Å². The molecule has 1 nitrogen and oxygen atoms in total. The second-order valence-electron chi connectivity index (χ2n) is 4.61. The Labute approximate surface area is 123 Å². The van der Waals surface area contributed by atoms with Gasteiger partial charge in [-0.15, -0.1) is 6.58 Å². The molecule has 0 spiro atoms. The first-order chi connectivity index (χ1) is 9.20. The van der Waals surface area contributed by atoms with Crippen LogP contribution in [0.5, 0.6) is 0 Å². The Balaban J connectivity index is 2.27. The second kappa shape index (κ2) is 6.58. The van der Waals surface area contributed by atoms with Gasteiger partial charge in [0.05, 0.1) is 5.69 Å². The van der Waals surface area contributed by atoms with Gasteiger partial charge >= 0.3 is 0 Å². The maximum absolute atomic E-state index is 3.86. The number of halogens is 1. The predicted molar refractivity (Wildman–Crippen MR) is 86.6 cm³/mol. The molecule has 0 unspecified atom stereocenters. The van der Waals surface area contributed by atoms with Crippen LogP contribution in [0.1, 0.15) is 11.1 Å². The van der Waals surface area contributed by atoms with Gasteiger partial charge in [0.1, 0.15) is 0 Å². The second-order valence-corrected chi connectivity index (χ2v) is 5.46. The Bertz CT molecular complexity index is 548. The smallest absolute Gasteiger partial charge is 0.0516 e. The Kier molecular flexibility index (Phi) is 4.80. The molecule has 2 aromatic rings. The molecule has 0 heterocycles. The summed E-state index contributed by atoms with van der Waals surface area (Å²) in [6.07, 6.45) is 1.94. The summed E-state index contributed by atoms with van der Waals surface area (Å²) in [5, 5.41) is 0. The first-order valence-corrected chi connectivity index (χ1v) is 7.16. The molecule has 0 N–H and O–H groups in total. The summed E-state index contributed by atoms with van der Waals surface area (Å²) >= 11 is 3.66. The lowest BCUT2D eigenvalue weighted by molar-refractivity contribution is 0.865. The van der Waals surface area contributed by atoms with Crippen LogP contribution in [0.25, 0.3) is 0 Å². The zero-order valence-corrected chi connectivity index (χ0v) is 12.7. The minimum Gasteiger partial charge on any atom is -0.363 e. The van der Waals surface area contributed by atoms with E-state index in [1.54, 1.807) is 0 Å². The normalized spacial score (nSPS) is 10.2. The number of benzene rings is 2. The topological polar surface area (TPSA) is 3.24 Å². The number of rotatable bonds is 5. The molecule has 0 aliphatic carbocycles. The van der Waals surface area contributed by atoms with Crippen molar-refractivity contribution in [2.75, 3.05) is 11.4 Å². The van der Waals surface area contributed by atoms with Gasteiger partial charge in [0.2, 0.25) is 0 Å². The molecule has 0 bridgehead atoms. The average Bonchev–Trinajstić information content (AvgIpc) is 2.39. The summed E-state index contributed by atoms with van der Waals surface area (Å²) in [6, 6.07) is 16.9. The highest BCUT2D eigenvalue weighted by atomic mass is 79.9. The SMILES string of the molecule is C=CCN(Cc1ccccc1)c1ccc(C)cc1Br. The molecular weight excluding hydrogens is 298 g/mol. The van der Waals surface area contributed by atoms with E-state index in [0.29, 0.717) is 0 Å². The van der Waals surface area contributed by atoms with Crippen LogP contribution in [-0.2, 0) is 6.54 Å². The lowest BCUT2D eigenvalue weighted by Crippen LogP contribution is -2.22. The molecule has 0 aliphatic heterocycles. The summed E-state index contributed by atoms with van der Waals surface area (Å²) in [6.45, 7) is 7.67. The highest BCUT2D eigenvalue weighted by Crippen LogP contribution is 2.28. The number of hydrogen-bond donors (Lipinski definition) is 0. The van der Waals surface area contributed by atoms with Crippen LogP contribution < -0.4 is 4.90 Å². The van der Waals surface area contributed by atoms with Crippen LogP contribution in [0.2, 0.25) is 0 Å². The van der Waals surface area contributed by atoms with Gasteiger partial charge in [0.25, 0.3) is 0 Å². The summed E-state index contributed by atoms with van der Waals surface area (Å²) in [7, 11) is 0. The molecule has 19 heavy (non-hydrogen) atoms. The first-order valence-electron chi connectivity index (χ1n) is 6.36. The van der Waals surface area contributed by atoms with Crippen molar-refractivity contribution in [2.45, 2.75) is 13.5 Å². The van der Waals surface area contributed by atoms with Crippen molar-refractivity contribution in [1.29, 1.82) is 0 Å². The standard InChI is InChI=1S/C17H18BrN/c1-3-11-19(13-15-7-5-4-6-8-15)17-10-9-14(2)12-16(17)18/h3-10,12H,1,11,13H2,2H3. The van der Waals surface area contributed by atoms with Crippen LogP contribution >= 0.6 is 15.9 Å². The molecular formula is C17H18BrN. The van der Waals surface area contributed by atoms with Crippen molar-refractivity contribution in [3.63, 3.8) is 0 Å². The molecule has 0 aliphatic rings. The monoisotopic (exact) mass is 315 g/mol. The van der Waals surface area contributed by atoms with E-state index >= 15 is 0 Å². The minimum absolute atomic E-state index is 0.830. The molecule has 0 radical (unpaired) electrons. The van der Waals surface area contributed by atoms with Gasteiger partial charge in [-0.1, -0.05) is 42.5 Å². The van der Waals surface area contributed by atoms with E-state index in [9.17, 15) is 0 Å². The van der Waals surface area contributed by atoms with Crippen LogP contribution in [0.15, 0.2) is 65.7 Å². The minimum atomic E-state index is 0.830. The van der Waals surface area contributed by atoms with Gasteiger partial charge in [-0.2, -0.15) is 0 Å². The molecule has 0 saturated heterocycles. The van der Waals surface area contributed by atoms with Crippen molar-refractivity contribution in [3.05, 3.63) is 76.8 Å². The van der Waals surface area contributed by atoms with Crippen molar-refractivity contribution in [2.24, 2.45) is 0 Å². The summed E-state index contributed by atoms with van der Waals surface area (Å²) in [5.41, 5.74) is 3.76. The molecule has 2 aromatic carbocycles. The summed E-state index contributed by atoms with van der Waals surface area (Å²) in [4.78, 5) is 2.31. The highest BCUT2D eigenvalue weighted by Gasteiger charge is 2.09. The lowest BCUT2D eigenvalue weighted by atomic mass is 10.1. The van der Waals surface area contributed by atoms with E-state index in [0.717, 1.165) is 17.6 Å². The molecule has 2 heteroatoms. The summed E-state index contributed by atoms with van der Waals surface area (Å²) < 4.78 is 1.13. The Hall–Kier alpha value is -1.54. The summed E-state index contributed by atoms with van der Waals surface area (Å²) in [5.74, 6) is 0. The largest absolute Gasteiger partial charge is 0.363 e. The number of anilines is 1. The van der Waals surface area contributed by atoms with Crippen LogP contribution in [-0.4, -0.2) is 6.54 Å². The fourth-order valence-corrected chi connectivity index (χ4v) is 2.82. The number of hydrogen-bond acceptors (Lipinski definition) is 1. The third-order valence-corrected chi connectivity index (χ3v) is 3.64. The maximum atomic E-state index is 3.86. The molecule has 2 rings (SSSR count). The zero-order chi connectivity index (χ0) is 13.7. The number of nitrogens with zero attached hydrogens (tertiary/aromatic N) is 1. The first kappa shape index (κ1) is 13.9. The fourth-order valence-electron chi connectivity index (χ4n) is 2.08. The van der Waals surface area contributed by atoms with Gasteiger partial charge in [-0.25, -0.2) is 0 Å². The molecule has 0 amide bonds. The molecule has 0 atom stereocenters. The fraction of sp³-hybridized carbons (Fsp3) is 0.176. The average molecular weight is 316 g/mol.